The molecule has 0 bridgehead atoms. The molecule has 0 spiro atoms. The van der Waals surface area contributed by atoms with Gasteiger partial charge in [0.1, 0.15) is 16.7 Å². The minimum absolute atomic E-state index is 0.541. The molecule has 3 heteroatoms. The highest BCUT2D eigenvalue weighted by Gasteiger charge is 2.47. The molecule has 2 heterocycles. The summed E-state index contributed by atoms with van der Waals surface area (Å²) in [5, 5.41) is 6.70. The predicted octanol–water partition coefficient (Wildman–Crippen LogP) is 16.1. The summed E-state index contributed by atoms with van der Waals surface area (Å²) < 4.78 is 13.3. The van der Waals surface area contributed by atoms with Gasteiger partial charge in [0.15, 0.2) is 5.58 Å². The van der Waals surface area contributed by atoms with Gasteiger partial charge in [0.2, 0.25) is 0 Å². The molecule has 1 aliphatic carbocycles. The van der Waals surface area contributed by atoms with Crippen LogP contribution in [0.2, 0.25) is 0 Å². The largest absolute Gasteiger partial charge is 0.456 e. The molecule has 1 aliphatic rings. The van der Waals surface area contributed by atoms with Gasteiger partial charge in [-0.05, 0) is 92.9 Å². The van der Waals surface area contributed by atoms with E-state index in [-0.39, 0.29) is 0 Å². The number of hydrogen-bond acceptors (Lipinski definition) is 3. The molecule has 0 atom stereocenters. The molecule has 10 aromatic carbocycles. The Morgan fingerprint density at radius 2 is 0.968 bits per heavy atom. The van der Waals surface area contributed by atoms with Crippen molar-refractivity contribution in [1.82, 2.24) is 0 Å². The maximum absolute atomic E-state index is 7.10. The Balaban J connectivity index is 1.07. The lowest BCUT2D eigenvalue weighted by Crippen LogP contribution is -2.28. The van der Waals surface area contributed by atoms with Crippen LogP contribution in [0.15, 0.2) is 233 Å². The van der Waals surface area contributed by atoms with Crippen LogP contribution in [0.4, 0.5) is 17.1 Å². The highest BCUT2D eigenvalue weighted by Crippen LogP contribution is 2.60. The van der Waals surface area contributed by atoms with Gasteiger partial charge in [-0.3, -0.25) is 0 Å². The van der Waals surface area contributed by atoms with Crippen LogP contribution < -0.4 is 4.90 Å². The standard InChI is InChI=1S/C59H37NO2/c1-3-16-41(17-4-1)59(42-18-5-2-6-19-42)50-24-11-9-22-48(50)56-51(59)25-14-26-52(56)60(53-27-13-23-46-47-35-31-39-15-7-8-20-44(39)57(47)62-58(46)53)43-33-29-38(30-34-43)40-32-36-55-49(37-40)45-21-10-12-28-54(45)61-55/h1-37H. The summed E-state index contributed by atoms with van der Waals surface area (Å²) in [6.45, 7) is 0. The zero-order valence-corrected chi connectivity index (χ0v) is 33.6. The molecule has 0 aliphatic heterocycles. The lowest BCUT2D eigenvalue weighted by Gasteiger charge is -2.34. The molecule has 0 radical (unpaired) electrons. The van der Waals surface area contributed by atoms with Crippen molar-refractivity contribution in [1.29, 1.82) is 0 Å². The van der Waals surface area contributed by atoms with Crippen molar-refractivity contribution in [2.45, 2.75) is 5.41 Å². The van der Waals surface area contributed by atoms with Gasteiger partial charge in [0, 0.05) is 38.2 Å². The van der Waals surface area contributed by atoms with Crippen molar-refractivity contribution in [3.8, 4) is 22.3 Å². The SMILES string of the molecule is c1ccc(C2(c3ccccc3)c3ccccc3-c3c(N(c4ccc(-c5ccc6oc7ccccc7c6c5)cc4)c4cccc5c4oc4c6ccccc6ccc54)cccc32)cc1. The minimum atomic E-state index is -0.541. The first-order chi connectivity index (χ1) is 30.8. The number of hydrogen-bond donors (Lipinski definition) is 0. The zero-order chi connectivity index (χ0) is 40.8. The number of anilines is 3. The van der Waals surface area contributed by atoms with E-state index in [1.54, 1.807) is 0 Å². The molecule has 0 N–H and O–H groups in total. The number of nitrogens with zero attached hydrogens (tertiary/aromatic N) is 1. The Bertz CT molecular complexity index is 3650. The van der Waals surface area contributed by atoms with Crippen LogP contribution in [-0.4, -0.2) is 0 Å². The normalized spacial score (nSPS) is 13.0. The molecule has 3 nitrogen and oxygen atoms in total. The van der Waals surface area contributed by atoms with Crippen LogP contribution in [0.5, 0.6) is 0 Å². The maximum Gasteiger partial charge on any atom is 0.159 e. The Kier molecular flexibility index (Phi) is 7.52. The second-order valence-corrected chi connectivity index (χ2v) is 16.3. The molecule has 0 saturated heterocycles. The summed E-state index contributed by atoms with van der Waals surface area (Å²) in [6.07, 6.45) is 0. The Hall–Kier alpha value is -8.14. The summed E-state index contributed by atoms with van der Waals surface area (Å²) in [5.74, 6) is 0. The zero-order valence-electron chi connectivity index (χ0n) is 33.6. The Morgan fingerprint density at radius 3 is 1.79 bits per heavy atom. The van der Waals surface area contributed by atoms with Crippen LogP contribution in [-0.2, 0) is 5.41 Å². The van der Waals surface area contributed by atoms with Gasteiger partial charge in [-0.2, -0.15) is 0 Å². The van der Waals surface area contributed by atoms with E-state index in [0.717, 1.165) is 82.8 Å². The number of para-hydroxylation sites is 2. The maximum atomic E-state index is 7.10. The molecule has 0 fully saturated rings. The van der Waals surface area contributed by atoms with Crippen molar-refractivity contribution < 1.29 is 8.83 Å². The number of benzene rings is 10. The third-order valence-corrected chi connectivity index (χ3v) is 13.1. The molecule has 62 heavy (non-hydrogen) atoms. The lowest BCUT2D eigenvalue weighted by molar-refractivity contribution is 0.669. The monoisotopic (exact) mass is 791 g/mol. The van der Waals surface area contributed by atoms with Crippen molar-refractivity contribution in [2.24, 2.45) is 0 Å². The molecule has 0 unspecified atom stereocenters. The van der Waals surface area contributed by atoms with Crippen LogP contribution in [0.25, 0.3) is 76.9 Å². The van der Waals surface area contributed by atoms with E-state index < -0.39 is 5.41 Å². The Morgan fingerprint density at radius 1 is 0.355 bits per heavy atom. The average Bonchev–Trinajstić information content (AvgIpc) is 4.02. The minimum Gasteiger partial charge on any atom is -0.456 e. The van der Waals surface area contributed by atoms with Gasteiger partial charge < -0.3 is 13.7 Å². The molecule has 0 saturated carbocycles. The topological polar surface area (TPSA) is 29.5 Å². The van der Waals surface area contributed by atoms with Gasteiger partial charge in [-0.25, -0.2) is 0 Å². The number of furan rings is 2. The van der Waals surface area contributed by atoms with Crippen molar-refractivity contribution >= 4 is 71.7 Å². The molecular weight excluding hydrogens is 755 g/mol. The fourth-order valence-electron chi connectivity index (χ4n) is 10.5. The summed E-state index contributed by atoms with van der Waals surface area (Å²) in [4.78, 5) is 2.42. The van der Waals surface area contributed by atoms with Crippen molar-refractivity contribution in [3.05, 3.63) is 247 Å². The van der Waals surface area contributed by atoms with E-state index in [1.165, 1.54) is 33.4 Å². The van der Waals surface area contributed by atoms with Crippen LogP contribution >= 0.6 is 0 Å². The summed E-state index contributed by atoms with van der Waals surface area (Å²) in [5.41, 5.74) is 15.8. The molecule has 2 aromatic heterocycles. The fourth-order valence-corrected chi connectivity index (χ4v) is 10.5. The smallest absolute Gasteiger partial charge is 0.159 e. The van der Waals surface area contributed by atoms with Gasteiger partial charge in [-0.1, -0.05) is 176 Å². The fraction of sp³-hybridized carbons (Fsp3) is 0.0169. The highest BCUT2D eigenvalue weighted by atomic mass is 16.3. The van der Waals surface area contributed by atoms with E-state index >= 15 is 0 Å². The van der Waals surface area contributed by atoms with Crippen LogP contribution in [0, 0.1) is 0 Å². The van der Waals surface area contributed by atoms with Gasteiger partial charge >= 0.3 is 0 Å². The van der Waals surface area contributed by atoms with Crippen LogP contribution in [0.1, 0.15) is 22.3 Å². The molecule has 290 valence electrons. The number of fused-ring (bicyclic) bond motifs is 11. The first kappa shape index (κ1) is 34.7. The second kappa shape index (κ2) is 13.4. The van der Waals surface area contributed by atoms with Crippen molar-refractivity contribution in [2.75, 3.05) is 4.90 Å². The van der Waals surface area contributed by atoms with E-state index in [1.807, 2.05) is 12.1 Å². The second-order valence-electron chi connectivity index (χ2n) is 16.3. The van der Waals surface area contributed by atoms with Gasteiger partial charge in [0.25, 0.3) is 0 Å². The third-order valence-electron chi connectivity index (χ3n) is 13.1. The number of rotatable bonds is 6. The molecule has 13 rings (SSSR count). The van der Waals surface area contributed by atoms with E-state index in [0.29, 0.717) is 0 Å². The van der Waals surface area contributed by atoms with E-state index in [4.69, 9.17) is 8.83 Å². The summed E-state index contributed by atoms with van der Waals surface area (Å²) in [6, 6.07) is 81.1. The third kappa shape index (κ3) is 4.94. The predicted molar refractivity (Wildman–Crippen MR) is 256 cm³/mol. The van der Waals surface area contributed by atoms with Crippen LogP contribution in [0.3, 0.4) is 0 Å². The summed E-state index contributed by atoms with van der Waals surface area (Å²) >= 11 is 0. The highest BCUT2D eigenvalue weighted by molar-refractivity contribution is 6.18. The molecule has 0 amide bonds. The first-order valence-electron chi connectivity index (χ1n) is 21.2. The van der Waals surface area contributed by atoms with E-state index in [9.17, 15) is 0 Å². The quantitative estimate of drug-likeness (QED) is 0.168. The lowest BCUT2D eigenvalue weighted by atomic mass is 9.68. The molecule has 12 aromatic rings. The van der Waals surface area contributed by atoms with Crippen molar-refractivity contribution in [3.63, 3.8) is 0 Å². The van der Waals surface area contributed by atoms with E-state index in [2.05, 4.69) is 217 Å². The first-order valence-corrected chi connectivity index (χ1v) is 21.2. The average molecular weight is 792 g/mol. The Labute approximate surface area is 358 Å². The summed E-state index contributed by atoms with van der Waals surface area (Å²) in [7, 11) is 0. The van der Waals surface area contributed by atoms with Gasteiger partial charge in [-0.15, -0.1) is 0 Å². The molecular formula is C59H37NO2. The van der Waals surface area contributed by atoms with Gasteiger partial charge in [0.05, 0.1) is 16.8 Å².